The van der Waals surface area contributed by atoms with Gasteiger partial charge in [0, 0.05) is 36.3 Å². The molecule has 2 heterocycles. The molecule has 1 atom stereocenters. The Balaban J connectivity index is 1.27. The van der Waals surface area contributed by atoms with E-state index in [1.165, 1.54) is 0 Å². The van der Waals surface area contributed by atoms with Gasteiger partial charge in [0.2, 0.25) is 0 Å². The van der Waals surface area contributed by atoms with E-state index in [9.17, 15) is 10.2 Å². The zero-order valence-corrected chi connectivity index (χ0v) is 20.7. The molecule has 0 saturated carbocycles. The molecule has 6 rings (SSSR count). The number of hydrogen-bond acceptors (Lipinski definition) is 5. The molecule has 0 bridgehead atoms. The fraction of sp³-hybridized carbons (Fsp3) is 0.200. The predicted molar refractivity (Wildman–Crippen MR) is 140 cm³/mol. The highest BCUT2D eigenvalue weighted by atomic mass is 32.2. The molecule has 3 aromatic rings. The van der Waals surface area contributed by atoms with Gasteiger partial charge >= 0.3 is 0 Å². The van der Waals surface area contributed by atoms with Crippen molar-refractivity contribution in [1.82, 2.24) is 0 Å². The van der Waals surface area contributed by atoms with Gasteiger partial charge in [0.05, 0.1) is 6.61 Å². The van der Waals surface area contributed by atoms with Crippen LogP contribution in [0.3, 0.4) is 0 Å². The molecule has 1 aliphatic carbocycles. The van der Waals surface area contributed by atoms with Gasteiger partial charge in [-0.3, -0.25) is 0 Å². The molecule has 5 heteroatoms. The lowest BCUT2D eigenvalue weighted by molar-refractivity contribution is -0.0168. The van der Waals surface area contributed by atoms with E-state index in [0.29, 0.717) is 0 Å². The van der Waals surface area contributed by atoms with Crippen molar-refractivity contribution in [2.75, 3.05) is 13.2 Å². The first kappa shape index (κ1) is 22.7. The Morgan fingerprint density at radius 1 is 0.800 bits per heavy atom. The standard InChI is InChI=1S/C30H24O3S2/c31-29(21-10-1-5-14-25(21)34-26-15-6-2-11-22(26)29)18-9-19-33-20-30(32)23-12-3-7-16-27(23)35-28-17-8-4-13-24(28)30/h1,3-8,10,12-17,31-32H,2,11,19-20H2. The van der Waals surface area contributed by atoms with E-state index in [-0.39, 0.29) is 13.2 Å². The lowest BCUT2D eigenvalue weighted by atomic mass is 9.82. The number of fused-ring (bicyclic) bond motifs is 3. The minimum absolute atomic E-state index is 0.0812. The Hall–Kier alpha value is -2.72. The van der Waals surface area contributed by atoms with E-state index >= 15 is 0 Å². The van der Waals surface area contributed by atoms with Crippen LogP contribution in [-0.4, -0.2) is 23.4 Å². The molecular formula is C30H24O3S2. The van der Waals surface area contributed by atoms with E-state index in [2.05, 4.69) is 24.0 Å². The van der Waals surface area contributed by atoms with Crippen LogP contribution >= 0.6 is 23.5 Å². The molecule has 0 saturated heterocycles. The Morgan fingerprint density at radius 2 is 1.40 bits per heavy atom. The molecule has 3 aromatic carbocycles. The van der Waals surface area contributed by atoms with Crippen LogP contribution in [-0.2, 0) is 15.9 Å². The fourth-order valence-corrected chi connectivity index (χ4v) is 7.47. The van der Waals surface area contributed by atoms with Gasteiger partial charge in [0.25, 0.3) is 0 Å². The second kappa shape index (κ2) is 9.05. The van der Waals surface area contributed by atoms with Crippen molar-refractivity contribution in [3.05, 3.63) is 112 Å². The van der Waals surface area contributed by atoms with Gasteiger partial charge in [-0.15, -0.1) is 0 Å². The summed E-state index contributed by atoms with van der Waals surface area (Å²) >= 11 is 3.35. The summed E-state index contributed by atoms with van der Waals surface area (Å²) in [6.45, 7) is 0.188. The third-order valence-electron chi connectivity index (χ3n) is 6.70. The number of allylic oxidation sites excluding steroid dienone is 2. The maximum Gasteiger partial charge on any atom is 0.175 e. The quantitative estimate of drug-likeness (QED) is 0.344. The van der Waals surface area contributed by atoms with Gasteiger partial charge in [0.1, 0.15) is 12.2 Å². The van der Waals surface area contributed by atoms with Crippen molar-refractivity contribution in [3.8, 4) is 11.8 Å². The molecule has 174 valence electrons. The molecule has 3 aliphatic rings. The molecule has 2 N–H and O–H groups in total. The Kier molecular flexibility index (Phi) is 5.88. The summed E-state index contributed by atoms with van der Waals surface area (Å²) in [4.78, 5) is 4.16. The first-order chi connectivity index (χ1) is 17.1. The van der Waals surface area contributed by atoms with Crippen LogP contribution in [0.25, 0.3) is 0 Å². The van der Waals surface area contributed by atoms with E-state index in [0.717, 1.165) is 54.7 Å². The van der Waals surface area contributed by atoms with Crippen LogP contribution in [0.1, 0.15) is 29.5 Å². The predicted octanol–water partition coefficient (Wildman–Crippen LogP) is 6.00. The van der Waals surface area contributed by atoms with Gasteiger partial charge < -0.3 is 14.9 Å². The first-order valence-electron chi connectivity index (χ1n) is 11.7. The molecule has 3 nitrogen and oxygen atoms in total. The van der Waals surface area contributed by atoms with E-state index < -0.39 is 11.2 Å². The number of thioether (sulfide) groups is 1. The lowest BCUT2D eigenvalue weighted by Crippen LogP contribution is -2.36. The van der Waals surface area contributed by atoms with Crippen molar-refractivity contribution >= 4 is 23.5 Å². The lowest BCUT2D eigenvalue weighted by Gasteiger charge is -2.36. The summed E-state index contributed by atoms with van der Waals surface area (Å²) < 4.78 is 5.97. The second-order valence-corrected chi connectivity index (χ2v) is 11.0. The van der Waals surface area contributed by atoms with Crippen LogP contribution < -0.4 is 0 Å². The summed E-state index contributed by atoms with van der Waals surface area (Å²) in [6, 6.07) is 23.7. The molecule has 0 radical (unpaired) electrons. The van der Waals surface area contributed by atoms with Crippen molar-refractivity contribution in [2.24, 2.45) is 0 Å². The van der Waals surface area contributed by atoms with Gasteiger partial charge in [0.15, 0.2) is 5.60 Å². The average Bonchev–Trinajstić information content (AvgIpc) is 2.89. The van der Waals surface area contributed by atoms with E-state index in [1.54, 1.807) is 23.5 Å². The van der Waals surface area contributed by atoms with Gasteiger partial charge in [-0.05, 0) is 36.6 Å². The average molecular weight is 497 g/mol. The number of rotatable bonds is 3. The minimum atomic E-state index is -1.33. The van der Waals surface area contributed by atoms with Crippen molar-refractivity contribution in [1.29, 1.82) is 0 Å². The highest BCUT2D eigenvalue weighted by Crippen LogP contribution is 2.50. The smallest absolute Gasteiger partial charge is 0.175 e. The van der Waals surface area contributed by atoms with Crippen molar-refractivity contribution in [3.63, 3.8) is 0 Å². The minimum Gasteiger partial charge on any atom is -0.378 e. The molecule has 0 fully saturated rings. The zero-order valence-electron chi connectivity index (χ0n) is 19.0. The third-order valence-corrected chi connectivity index (χ3v) is 9.03. The van der Waals surface area contributed by atoms with E-state index in [1.807, 2.05) is 72.8 Å². The Labute approximate surface area is 213 Å². The van der Waals surface area contributed by atoms with E-state index in [4.69, 9.17) is 4.74 Å². The van der Waals surface area contributed by atoms with Crippen molar-refractivity contribution < 1.29 is 14.9 Å². The second-order valence-electron chi connectivity index (χ2n) is 8.84. The Bertz CT molecular complexity index is 1380. The highest BCUT2D eigenvalue weighted by molar-refractivity contribution is 8.03. The van der Waals surface area contributed by atoms with Crippen LogP contribution in [0, 0.1) is 11.8 Å². The first-order valence-corrected chi connectivity index (χ1v) is 13.3. The third kappa shape index (κ3) is 3.87. The summed E-state index contributed by atoms with van der Waals surface area (Å²) in [5, 5.41) is 23.6. The zero-order chi connectivity index (χ0) is 23.9. The summed E-state index contributed by atoms with van der Waals surface area (Å²) in [5.41, 5.74) is 0.895. The molecule has 0 spiro atoms. The maximum atomic E-state index is 11.8. The molecule has 2 aliphatic heterocycles. The maximum absolute atomic E-state index is 11.8. The summed E-state index contributed by atoms with van der Waals surface area (Å²) in [7, 11) is 0. The van der Waals surface area contributed by atoms with Gasteiger partial charge in [-0.25, -0.2) is 0 Å². The van der Waals surface area contributed by atoms with Crippen LogP contribution in [0.5, 0.6) is 0 Å². The van der Waals surface area contributed by atoms with Crippen LogP contribution in [0.2, 0.25) is 0 Å². The molecule has 0 amide bonds. The highest BCUT2D eigenvalue weighted by Gasteiger charge is 2.41. The SMILES string of the molecule is OC1(C#CCOCC2(O)c3ccccc3Sc3ccccc32)C2=C(C=CCC2)Sc2ccccc21. The number of aliphatic hydroxyl groups is 2. The monoisotopic (exact) mass is 496 g/mol. The normalized spacial score (nSPS) is 21.2. The molecule has 1 unspecified atom stereocenters. The Morgan fingerprint density at radius 3 is 2.09 bits per heavy atom. The number of hydrogen-bond donors (Lipinski definition) is 2. The molecule has 0 aromatic heterocycles. The van der Waals surface area contributed by atoms with Crippen LogP contribution in [0.4, 0.5) is 0 Å². The van der Waals surface area contributed by atoms with Gasteiger partial charge in [-0.1, -0.05) is 102 Å². The van der Waals surface area contributed by atoms with Crippen molar-refractivity contribution in [2.45, 2.75) is 38.7 Å². The topological polar surface area (TPSA) is 49.7 Å². The van der Waals surface area contributed by atoms with Gasteiger partial charge in [-0.2, -0.15) is 0 Å². The number of ether oxygens (including phenoxy) is 1. The summed E-state index contributed by atoms with van der Waals surface area (Å²) in [6.07, 6.45) is 5.92. The largest absolute Gasteiger partial charge is 0.378 e. The van der Waals surface area contributed by atoms with Crippen LogP contribution in [0.15, 0.2) is 110 Å². The molecular weight excluding hydrogens is 472 g/mol. The number of benzene rings is 3. The fourth-order valence-electron chi connectivity index (χ4n) is 5.00. The summed E-state index contributed by atoms with van der Waals surface area (Å²) in [5.74, 6) is 6.20. The molecule has 35 heavy (non-hydrogen) atoms.